The lowest BCUT2D eigenvalue weighted by Gasteiger charge is -2.36. The van der Waals surface area contributed by atoms with E-state index >= 15 is 0 Å². The number of aromatic hydroxyl groups is 1. The molecule has 4 nitrogen and oxygen atoms in total. The van der Waals surface area contributed by atoms with Gasteiger partial charge in [0.15, 0.2) is 0 Å². The van der Waals surface area contributed by atoms with E-state index in [0.717, 1.165) is 36.2 Å². The fraction of sp³-hybridized carbons (Fsp3) is 0.333. The molecule has 1 aliphatic rings. The first-order valence-corrected chi connectivity index (χ1v) is 8.92. The Kier molecular flexibility index (Phi) is 5.74. The van der Waals surface area contributed by atoms with Crippen molar-refractivity contribution in [3.63, 3.8) is 0 Å². The molecular formula is C18H18BrF3N2O2. The summed E-state index contributed by atoms with van der Waals surface area (Å²) >= 11 is 3.33. The standard InChI is InChI=1S/C18H18BrF3N2O2/c19-13-3-6-15(16(25)11-13)17(24-9-7-23-8-10-24)12-1-4-14(5-2-12)26-18(20,21)22/h1-6,11,17,23,25H,7-10H2/t17-/m0/s1. The van der Waals surface area contributed by atoms with E-state index in [1.807, 2.05) is 12.1 Å². The molecule has 8 heteroatoms. The summed E-state index contributed by atoms with van der Waals surface area (Å²) in [6.07, 6.45) is -4.72. The average Bonchev–Trinajstić information content (AvgIpc) is 2.58. The van der Waals surface area contributed by atoms with Crippen molar-refractivity contribution in [2.45, 2.75) is 12.4 Å². The highest BCUT2D eigenvalue weighted by atomic mass is 79.9. The van der Waals surface area contributed by atoms with E-state index in [4.69, 9.17) is 0 Å². The largest absolute Gasteiger partial charge is 0.573 e. The van der Waals surface area contributed by atoms with Crippen LogP contribution in [0.2, 0.25) is 0 Å². The van der Waals surface area contributed by atoms with Crippen LogP contribution < -0.4 is 10.1 Å². The predicted molar refractivity (Wildman–Crippen MR) is 95.2 cm³/mol. The number of halogens is 4. The van der Waals surface area contributed by atoms with Crippen LogP contribution in [0.15, 0.2) is 46.9 Å². The summed E-state index contributed by atoms with van der Waals surface area (Å²) in [5.41, 5.74) is 1.50. The van der Waals surface area contributed by atoms with Crippen LogP contribution in [0.25, 0.3) is 0 Å². The molecule has 0 saturated carbocycles. The fourth-order valence-corrected chi connectivity index (χ4v) is 3.48. The molecule has 0 radical (unpaired) electrons. The number of piperazine rings is 1. The molecule has 1 aliphatic heterocycles. The van der Waals surface area contributed by atoms with Gasteiger partial charge in [-0.1, -0.05) is 34.1 Å². The molecule has 3 rings (SSSR count). The third-order valence-corrected chi connectivity index (χ3v) is 4.73. The minimum Gasteiger partial charge on any atom is -0.508 e. The molecule has 0 bridgehead atoms. The highest BCUT2D eigenvalue weighted by molar-refractivity contribution is 9.10. The van der Waals surface area contributed by atoms with Gasteiger partial charge in [-0.3, -0.25) is 4.90 Å². The number of nitrogens with zero attached hydrogens (tertiary/aromatic N) is 1. The number of alkyl halides is 3. The molecule has 26 heavy (non-hydrogen) atoms. The van der Waals surface area contributed by atoms with E-state index in [-0.39, 0.29) is 17.5 Å². The van der Waals surface area contributed by atoms with Crippen molar-refractivity contribution in [3.05, 3.63) is 58.1 Å². The molecule has 2 aromatic carbocycles. The number of phenolic OH excluding ortho intramolecular Hbond substituents is 1. The maximum Gasteiger partial charge on any atom is 0.573 e. The maximum atomic E-state index is 12.4. The summed E-state index contributed by atoms with van der Waals surface area (Å²) < 4.78 is 41.8. The van der Waals surface area contributed by atoms with Gasteiger partial charge in [0.1, 0.15) is 11.5 Å². The molecule has 1 heterocycles. The number of rotatable bonds is 4. The fourth-order valence-electron chi connectivity index (χ4n) is 3.13. The van der Waals surface area contributed by atoms with Gasteiger partial charge in [-0.15, -0.1) is 13.2 Å². The van der Waals surface area contributed by atoms with Gasteiger partial charge in [-0.2, -0.15) is 0 Å². The topological polar surface area (TPSA) is 44.7 Å². The molecule has 0 spiro atoms. The van der Waals surface area contributed by atoms with Gasteiger partial charge in [0.2, 0.25) is 0 Å². The quantitative estimate of drug-likeness (QED) is 0.767. The molecule has 0 aliphatic carbocycles. The van der Waals surface area contributed by atoms with Crippen LogP contribution in [0.4, 0.5) is 13.2 Å². The first-order chi connectivity index (χ1) is 12.3. The van der Waals surface area contributed by atoms with Crippen molar-refractivity contribution < 1.29 is 23.0 Å². The van der Waals surface area contributed by atoms with Crippen molar-refractivity contribution >= 4 is 15.9 Å². The molecular weight excluding hydrogens is 413 g/mol. The van der Waals surface area contributed by atoms with E-state index in [2.05, 4.69) is 30.9 Å². The Balaban J connectivity index is 1.95. The smallest absolute Gasteiger partial charge is 0.508 e. The predicted octanol–water partition coefficient (Wildman–Crippen LogP) is 4.05. The van der Waals surface area contributed by atoms with Crippen LogP contribution >= 0.6 is 15.9 Å². The van der Waals surface area contributed by atoms with Gasteiger partial charge in [0, 0.05) is 36.2 Å². The minimum absolute atomic E-state index is 0.138. The molecule has 1 saturated heterocycles. The molecule has 2 N–H and O–H groups in total. The first kappa shape index (κ1) is 19.0. The lowest BCUT2D eigenvalue weighted by molar-refractivity contribution is -0.274. The Hall–Kier alpha value is -1.77. The van der Waals surface area contributed by atoms with Crippen LogP contribution in [-0.2, 0) is 0 Å². The van der Waals surface area contributed by atoms with Crippen LogP contribution in [0, 0.1) is 0 Å². The van der Waals surface area contributed by atoms with Crippen molar-refractivity contribution in [2.75, 3.05) is 26.2 Å². The third kappa shape index (κ3) is 4.69. The van der Waals surface area contributed by atoms with Gasteiger partial charge in [-0.05, 0) is 29.8 Å². The van der Waals surface area contributed by atoms with Gasteiger partial charge in [-0.25, -0.2) is 0 Å². The highest BCUT2D eigenvalue weighted by Gasteiger charge is 2.31. The molecule has 2 aromatic rings. The molecule has 1 atom stereocenters. The maximum absolute atomic E-state index is 12.4. The summed E-state index contributed by atoms with van der Waals surface area (Å²) in [4.78, 5) is 2.19. The van der Waals surface area contributed by atoms with Gasteiger partial charge < -0.3 is 15.2 Å². The number of nitrogens with one attached hydrogen (secondary N) is 1. The van der Waals surface area contributed by atoms with Crippen molar-refractivity contribution in [2.24, 2.45) is 0 Å². The van der Waals surface area contributed by atoms with Crippen molar-refractivity contribution in [1.82, 2.24) is 10.2 Å². The summed E-state index contributed by atoms with van der Waals surface area (Å²) in [6, 6.07) is 10.8. The second kappa shape index (κ2) is 7.85. The zero-order valence-electron chi connectivity index (χ0n) is 13.8. The molecule has 1 fully saturated rings. The van der Waals surface area contributed by atoms with E-state index in [9.17, 15) is 18.3 Å². The van der Waals surface area contributed by atoms with Crippen LogP contribution in [0.1, 0.15) is 17.2 Å². The van der Waals surface area contributed by atoms with E-state index in [1.165, 1.54) is 12.1 Å². The second-order valence-electron chi connectivity index (χ2n) is 6.01. The molecule has 0 unspecified atom stereocenters. The van der Waals surface area contributed by atoms with Crippen LogP contribution in [0.3, 0.4) is 0 Å². The second-order valence-corrected chi connectivity index (χ2v) is 6.92. The minimum atomic E-state index is -4.72. The summed E-state index contributed by atoms with van der Waals surface area (Å²) in [7, 11) is 0. The van der Waals surface area contributed by atoms with Gasteiger partial charge in [0.25, 0.3) is 0 Å². The number of phenols is 1. The monoisotopic (exact) mass is 430 g/mol. The molecule has 0 aromatic heterocycles. The summed E-state index contributed by atoms with van der Waals surface area (Å²) in [5, 5.41) is 13.7. The van der Waals surface area contributed by atoms with E-state index in [0.29, 0.717) is 5.56 Å². The summed E-state index contributed by atoms with van der Waals surface area (Å²) in [6.45, 7) is 3.15. The zero-order chi connectivity index (χ0) is 18.7. The average molecular weight is 431 g/mol. The molecule has 0 amide bonds. The number of benzene rings is 2. The normalized spacial score (nSPS) is 17.1. The van der Waals surface area contributed by atoms with Gasteiger partial charge in [0.05, 0.1) is 6.04 Å². The molecule has 140 valence electrons. The third-order valence-electron chi connectivity index (χ3n) is 4.23. The summed E-state index contributed by atoms with van der Waals surface area (Å²) in [5.74, 6) is -0.126. The van der Waals surface area contributed by atoms with Crippen LogP contribution in [0.5, 0.6) is 11.5 Å². The SMILES string of the molecule is Oc1cc(Br)ccc1[C@H](c1ccc(OC(F)(F)F)cc1)N1CCNCC1. The number of ether oxygens (including phenoxy) is 1. The van der Waals surface area contributed by atoms with Gasteiger partial charge >= 0.3 is 6.36 Å². The Bertz CT molecular complexity index is 747. The lowest BCUT2D eigenvalue weighted by Crippen LogP contribution is -2.45. The first-order valence-electron chi connectivity index (χ1n) is 8.12. The Morgan fingerprint density at radius 2 is 1.73 bits per heavy atom. The lowest BCUT2D eigenvalue weighted by atomic mass is 9.95. The Morgan fingerprint density at radius 3 is 2.31 bits per heavy atom. The van der Waals surface area contributed by atoms with E-state index in [1.54, 1.807) is 18.2 Å². The van der Waals surface area contributed by atoms with Crippen molar-refractivity contribution in [3.8, 4) is 11.5 Å². The highest BCUT2D eigenvalue weighted by Crippen LogP contribution is 2.36. The Labute approximate surface area is 157 Å². The Morgan fingerprint density at radius 1 is 1.08 bits per heavy atom. The van der Waals surface area contributed by atoms with E-state index < -0.39 is 6.36 Å². The number of hydrogen-bond donors (Lipinski definition) is 2. The number of hydrogen-bond acceptors (Lipinski definition) is 4. The van der Waals surface area contributed by atoms with Crippen molar-refractivity contribution in [1.29, 1.82) is 0 Å². The zero-order valence-corrected chi connectivity index (χ0v) is 15.3. The van der Waals surface area contributed by atoms with Crippen LogP contribution in [-0.4, -0.2) is 42.5 Å².